The lowest BCUT2D eigenvalue weighted by molar-refractivity contribution is -0.385. The van der Waals surface area contributed by atoms with E-state index in [1.807, 2.05) is 24.3 Å². The second-order valence-electron chi connectivity index (χ2n) is 6.52. The molecule has 0 amide bonds. The van der Waals surface area contributed by atoms with Gasteiger partial charge in [-0.2, -0.15) is 0 Å². The smallest absolute Gasteiger partial charge is 0.311 e. The maximum Gasteiger partial charge on any atom is 0.311 e. The van der Waals surface area contributed by atoms with E-state index in [4.69, 9.17) is 9.73 Å². The number of aliphatic imine (C=N–C) groups is 1. The number of hydrogen-bond acceptors (Lipinski definition) is 7. The molecule has 1 aromatic heterocycles. The summed E-state index contributed by atoms with van der Waals surface area (Å²) >= 11 is 1.75. The first-order valence-corrected chi connectivity index (χ1v) is 9.84. The van der Waals surface area contributed by atoms with Crippen LogP contribution in [0.25, 0.3) is 0 Å². The molecule has 0 bridgehead atoms. The van der Waals surface area contributed by atoms with Crippen molar-refractivity contribution in [3.8, 4) is 5.75 Å². The number of amidine groups is 1. The van der Waals surface area contributed by atoms with E-state index in [0.717, 1.165) is 28.6 Å². The van der Waals surface area contributed by atoms with Crippen molar-refractivity contribution in [2.24, 2.45) is 4.99 Å². The highest BCUT2D eigenvalue weighted by molar-refractivity contribution is 8.14. The average molecular weight is 384 g/mol. The van der Waals surface area contributed by atoms with Crippen molar-refractivity contribution in [3.63, 3.8) is 0 Å². The average Bonchev–Trinajstić information content (AvgIpc) is 3.27. The van der Waals surface area contributed by atoms with E-state index in [2.05, 4.69) is 16.8 Å². The number of methoxy groups -OCH3 is 1. The molecule has 2 aliphatic heterocycles. The third-order valence-corrected chi connectivity index (χ3v) is 6.20. The topological polar surface area (TPSA) is 80.9 Å². The third kappa shape index (κ3) is 3.03. The van der Waals surface area contributed by atoms with Gasteiger partial charge in [0, 0.05) is 24.1 Å². The standard InChI is InChI=1S/C19H20N4O3S/c1-3-13-11-27-19-21-17(14-6-4-5-9-20-14)18(22(13)19)12-7-8-16(26-2)15(10-12)23(24)25/h4-10,13,17-18H,3,11H2,1-2H3/t13-,17+,18+/m0/s1. The number of nitro groups is 1. The molecule has 8 heteroatoms. The van der Waals surface area contributed by atoms with Gasteiger partial charge in [-0.3, -0.25) is 20.1 Å². The summed E-state index contributed by atoms with van der Waals surface area (Å²) in [5, 5.41) is 12.5. The number of nitrogens with zero attached hydrogens (tertiary/aromatic N) is 4. The summed E-state index contributed by atoms with van der Waals surface area (Å²) in [4.78, 5) is 22.9. The van der Waals surface area contributed by atoms with Crippen molar-refractivity contribution in [2.45, 2.75) is 31.5 Å². The van der Waals surface area contributed by atoms with Gasteiger partial charge in [-0.05, 0) is 30.2 Å². The Kier molecular flexibility index (Phi) is 4.73. The Morgan fingerprint density at radius 3 is 2.89 bits per heavy atom. The van der Waals surface area contributed by atoms with Gasteiger partial charge in [-0.25, -0.2) is 0 Å². The van der Waals surface area contributed by atoms with Crippen LogP contribution in [0.2, 0.25) is 0 Å². The van der Waals surface area contributed by atoms with Gasteiger partial charge in [0.2, 0.25) is 0 Å². The summed E-state index contributed by atoms with van der Waals surface area (Å²) in [6, 6.07) is 11.0. The Morgan fingerprint density at radius 2 is 2.22 bits per heavy atom. The van der Waals surface area contributed by atoms with Crippen LogP contribution >= 0.6 is 11.8 Å². The van der Waals surface area contributed by atoms with E-state index >= 15 is 0 Å². The number of aromatic nitrogens is 1. The van der Waals surface area contributed by atoms with E-state index in [0.29, 0.717) is 6.04 Å². The van der Waals surface area contributed by atoms with Crippen LogP contribution in [0, 0.1) is 10.1 Å². The molecule has 0 radical (unpaired) electrons. The maximum atomic E-state index is 11.5. The fourth-order valence-electron chi connectivity index (χ4n) is 3.74. The second-order valence-corrected chi connectivity index (χ2v) is 7.51. The van der Waals surface area contributed by atoms with E-state index in [1.54, 1.807) is 30.1 Å². The van der Waals surface area contributed by atoms with Gasteiger partial charge >= 0.3 is 5.69 Å². The second kappa shape index (κ2) is 7.19. The van der Waals surface area contributed by atoms with Crippen LogP contribution in [-0.4, -0.2) is 38.9 Å². The lowest BCUT2D eigenvalue weighted by atomic mass is 9.94. The molecule has 1 aromatic carbocycles. The van der Waals surface area contributed by atoms with Crippen LogP contribution in [0.5, 0.6) is 5.75 Å². The minimum Gasteiger partial charge on any atom is -0.490 e. The molecule has 140 valence electrons. The highest BCUT2D eigenvalue weighted by atomic mass is 32.2. The molecule has 27 heavy (non-hydrogen) atoms. The molecule has 3 atom stereocenters. The molecule has 4 rings (SSSR count). The largest absolute Gasteiger partial charge is 0.490 e. The van der Waals surface area contributed by atoms with Crippen molar-refractivity contribution < 1.29 is 9.66 Å². The number of ether oxygens (including phenoxy) is 1. The molecule has 1 saturated heterocycles. The SMILES string of the molecule is CC[C@H]1CSC2=N[C@H](c3ccccn3)[C@@H](c3ccc(OC)c([N+](=O)[O-])c3)N21. The molecule has 3 heterocycles. The van der Waals surface area contributed by atoms with Gasteiger partial charge < -0.3 is 9.64 Å². The molecule has 1 fully saturated rings. The Bertz CT molecular complexity index is 890. The van der Waals surface area contributed by atoms with E-state index in [9.17, 15) is 10.1 Å². The van der Waals surface area contributed by atoms with Crippen LogP contribution in [0.15, 0.2) is 47.6 Å². The Labute approximate surface area is 161 Å². The number of fused-ring (bicyclic) bond motifs is 1. The molecule has 0 spiro atoms. The van der Waals surface area contributed by atoms with Crippen LogP contribution < -0.4 is 4.74 Å². The van der Waals surface area contributed by atoms with Crippen molar-refractivity contribution in [1.82, 2.24) is 9.88 Å². The minimum absolute atomic E-state index is 0.0249. The number of pyridine rings is 1. The van der Waals surface area contributed by atoms with Gasteiger partial charge in [-0.15, -0.1) is 0 Å². The molecule has 0 aliphatic carbocycles. The van der Waals surface area contributed by atoms with Crippen LogP contribution in [-0.2, 0) is 0 Å². The van der Waals surface area contributed by atoms with Crippen LogP contribution in [0.1, 0.15) is 36.7 Å². The monoisotopic (exact) mass is 384 g/mol. The number of nitro benzene ring substituents is 1. The number of hydrogen-bond donors (Lipinski definition) is 0. The number of thioether (sulfide) groups is 1. The molecule has 2 aliphatic rings. The lowest BCUT2D eigenvalue weighted by Crippen LogP contribution is -2.35. The van der Waals surface area contributed by atoms with Crippen LogP contribution in [0.3, 0.4) is 0 Å². The van der Waals surface area contributed by atoms with Gasteiger partial charge in [0.25, 0.3) is 0 Å². The lowest BCUT2D eigenvalue weighted by Gasteiger charge is -2.31. The summed E-state index contributed by atoms with van der Waals surface area (Å²) in [5.41, 5.74) is 1.71. The first-order valence-electron chi connectivity index (χ1n) is 8.86. The highest BCUT2D eigenvalue weighted by Crippen LogP contribution is 2.49. The van der Waals surface area contributed by atoms with E-state index in [-0.39, 0.29) is 23.5 Å². The van der Waals surface area contributed by atoms with Crippen molar-refractivity contribution >= 4 is 22.6 Å². The zero-order valence-electron chi connectivity index (χ0n) is 15.1. The van der Waals surface area contributed by atoms with Crippen molar-refractivity contribution in [1.29, 1.82) is 0 Å². The zero-order valence-corrected chi connectivity index (χ0v) is 15.9. The number of benzene rings is 1. The Balaban J connectivity index is 1.82. The first kappa shape index (κ1) is 17.8. The summed E-state index contributed by atoms with van der Waals surface area (Å²) in [6.07, 6.45) is 2.76. The highest BCUT2D eigenvalue weighted by Gasteiger charge is 2.45. The molecule has 0 saturated carbocycles. The van der Waals surface area contributed by atoms with E-state index < -0.39 is 4.92 Å². The number of rotatable bonds is 5. The van der Waals surface area contributed by atoms with Gasteiger partial charge in [0.1, 0.15) is 6.04 Å². The van der Waals surface area contributed by atoms with Crippen molar-refractivity contribution in [3.05, 3.63) is 64.0 Å². The fourth-order valence-corrected chi connectivity index (χ4v) is 5.08. The molecule has 0 unspecified atom stereocenters. The zero-order chi connectivity index (χ0) is 19.0. The van der Waals surface area contributed by atoms with E-state index in [1.165, 1.54) is 7.11 Å². The third-order valence-electron chi connectivity index (χ3n) is 5.07. The fraction of sp³-hybridized carbons (Fsp3) is 0.368. The summed E-state index contributed by atoms with van der Waals surface area (Å²) in [7, 11) is 1.44. The van der Waals surface area contributed by atoms with Gasteiger partial charge in [0.05, 0.1) is 23.8 Å². The quantitative estimate of drug-likeness (QED) is 0.573. The predicted octanol–water partition coefficient (Wildman–Crippen LogP) is 3.98. The summed E-state index contributed by atoms with van der Waals surface area (Å²) in [6.45, 7) is 2.16. The Hall–Kier alpha value is -2.61. The normalized spacial score (nSPS) is 23.9. The maximum absolute atomic E-state index is 11.5. The first-order chi connectivity index (χ1) is 13.1. The summed E-state index contributed by atoms with van der Waals surface area (Å²) in [5.74, 6) is 1.25. The molecule has 7 nitrogen and oxygen atoms in total. The summed E-state index contributed by atoms with van der Waals surface area (Å²) < 4.78 is 5.16. The Morgan fingerprint density at radius 1 is 1.37 bits per heavy atom. The van der Waals surface area contributed by atoms with Crippen LogP contribution in [0.4, 0.5) is 5.69 Å². The molecular formula is C19H20N4O3S. The van der Waals surface area contributed by atoms with Gasteiger partial charge in [-0.1, -0.05) is 30.8 Å². The molecule has 0 N–H and O–H groups in total. The van der Waals surface area contributed by atoms with Gasteiger partial charge in [0.15, 0.2) is 10.9 Å². The predicted molar refractivity (Wildman–Crippen MR) is 105 cm³/mol. The molecule has 2 aromatic rings. The molecular weight excluding hydrogens is 364 g/mol. The van der Waals surface area contributed by atoms with Crippen molar-refractivity contribution in [2.75, 3.05) is 12.9 Å². The minimum atomic E-state index is -0.398.